The molecule has 1 spiro atoms. The van der Waals surface area contributed by atoms with E-state index < -0.39 is 27.7 Å². The van der Waals surface area contributed by atoms with Crippen molar-refractivity contribution in [1.29, 1.82) is 0 Å². The zero-order valence-electron chi connectivity index (χ0n) is 22.6. The Hall–Kier alpha value is -3.33. The molecule has 2 aromatic heterocycles. The van der Waals surface area contributed by atoms with Gasteiger partial charge in [0, 0.05) is 76.0 Å². The van der Waals surface area contributed by atoms with Crippen molar-refractivity contribution in [2.24, 2.45) is 14.1 Å². The Morgan fingerprint density at radius 3 is 2.67 bits per heavy atom. The SMILES string of the molecule is Cn1cc(CN2CCC3(CCOc4cc(-c5ncnn5C)ccc4S(=O)(=O)N4C[C@H](O)C[C@H]4C(=O)N3)CC2)cn1. The number of piperidine rings is 1. The van der Waals surface area contributed by atoms with Crippen LogP contribution >= 0.6 is 0 Å². The maximum absolute atomic E-state index is 13.9. The fraction of sp³-hybridized carbons (Fsp3) is 0.538. The summed E-state index contributed by atoms with van der Waals surface area (Å²) in [6.45, 7) is 2.36. The van der Waals surface area contributed by atoms with Gasteiger partial charge < -0.3 is 15.2 Å². The van der Waals surface area contributed by atoms with E-state index in [0.29, 0.717) is 30.7 Å². The van der Waals surface area contributed by atoms with Crippen LogP contribution in [0.15, 0.2) is 41.8 Å². The van der Waals surface area contributed by atoms with E-state index >= 15 is 0 Å². The molecule has 0 bridgehead atoms. The minimum Gasteiger partial charge on any atom is -0.492 e. The van der Waals surface area contributed by atoms with Gasteiger partial charge in [-0.3, -0.25) is 14.4 Å². The molecule has 1 aromatic carbocycles. The van der Waals surface area contributed by atoms with Gasteiger partial charge in [-0.1, -0.05) is 0 Å². The molecule has 2 fully saturated rings. The molecule has 3 aromatic rings. The van der Waals surface area contributed by atoms with E-state index in [4.69, 9.17) is 4.74 Å². The van der Waals surface area contributed by atoms with E-state index in [1.807, 2.05) is 19.4 Å². The van der Waals surface area contributed by atoms with Gasteiger partial charge in [0.05, 0.1) is 18.9 Å². The number of nitrogens with one attached hydrogen (secondary N) is 1. The number of benzene rings is 1. The highest BCUT2D eigenvalue weighted by Crippen LogP contribution is 2.37. The number of ether oxygens (including phenoxy) is 1. The van der Waals surface area contributed by atoms with Crippen LogP contribution in [0, 0.1) is 0 Å². The molecule has 2 atom stereocenters. The number of carbonyl (C=O) groups is 1. The van der Waals surface area contributed by atoms with Crippen molar-refractivity contribution in [1.82, 2.24) is 39.1 Å². The summed E-state index contributed by atoms with van der Waals surface area (Å²) < 4.78 is 38.5. The third-order valence-corrected chi connectivity index (χ3v) is 10.2. The molecule has 2 saturated heterocycles. The molecule has 14 heteroatoms. The van der Waals surface area contributed by atoms with Crippen LogP contribution in [0.2, 0.25) is 0 Å². The summed E-state index contributed by atoms with van der Waals surface area (Å²) in [4.78, 5) is 20.2. The maximum atomic E-state index is 13.9. The lowest BCUT2D eigenvalue weighted by atomic mass is 9.84. The predicted octanol–water partition coefficient (Wildman–Crippen LogP) is 0.273. The normalized spacial score (nSPS) is 25.0. The van der Waals surface area contributed by atoms with Gasteiger partial charge in [-0.15, -0.1) is 0 Å². The number of fused-ring (bicyclic) bond motifs is 2. The smallest absolute Gasteiger partial charge is 0.247 e. The van der Waals surface area contributed by atoms with Crippen LogP contribution in [-0.4, -0.2) is 97.1 Å². The van der Waals surface area contributed by atoms with Crippen LogP contribution in [0.3, 0.4) is 0 Å². The third-order valence-electron chi connectivity index (χ3n) is 8.24. The molecule has 1 amide bonds. The van der Waals surface area contributed by atoms with Gasteiger partial charge in [-0.2, -0.15) is 14.5 Å². The van der Waals surface area contributed by atoms with Crippen LogP contribution < -0.4 is 10.1 Å². The average molecular weight is 571 g/mol. The molecule has 5 heterocycles. The second kappa shape index (κ2) is 10.3. The molecule has 3 aliphatic rings. The molecule has 214 valence electrons. The fourth-order valence-electron chi connectivity index (χ4n) is 6.03. The predicted molar refractivity (Wildman–Crippen MR) is 143 cm³/mol. The monoisotopic (exact) mass is 570 g/mol. The van der Waals surface area contributed by atoms with Gasteiger partial charge in [0.25, 0.3) is 0 Å². The summed E-state index contributed by atoms with van der Waals surface area (Å²) in [7, 11) is -0.500. The number of aryl methyl sites for hydroxylation is 2. The minimum absolute atomic E-state index is 0.0347. The maximum Gasteiger partial charge on any atom is 0.247 e. The molecule has 0 radical (unpaired) electrons. The Bertz CT molecular complexity index is 1510. The number of aliphatic hydroxyl groups excluding tert-OH is 1. The molecule has 0 unspecified atom stereocenters. The number of aliphatic hydroxyl groups is 1. The molecular formula is C26H34N8O5S. The summed E-state index contributed by atoms with van der Waals surface area (Å²) in [6.07, 6.45) is 6.30. The van der Waals surface area contributed by atoms with Crippen LogP contribution in [0.5, 0.6) is 5.75 Å². The van der Waals surface area contributed by atoms with E-state index in [0.717, 1.165) is 29.5 Å². The zero-order chi connectivity index (χ0) is 28.1. The number of amides is 1. The molecule has 2 N–H and O–H groups in total. The highest BCUT2D eigenvalue weighted by Gasteiger charge is 2.47. The van der Waals surface area contributed by atoms with Crippen molar-refractivity contribution < 1.29 is 23.1 Å². The molecule has 3 aliphatic heterocycles. The van der Waals surface area contributed by atoms with Crippen molar-refractivity contribution in [2.45, 2.75) is 54.8 Å². The molecule has 13 nitrogen and oxygen atoms in total. The Labute approximate surface area is 232 Å². The number of nitrogens with zero attached hydrogens (tertiary/aromatic N) is 7. The Morgan fingerprint density at radius 2 is 1.98 bits per heavy atom. The van der Waals surface area contributed by atoms with Gasteiger partial charge in [0.1, 0.15) is 23.0 Å². The van der Waals surface area contributed by atoms with E-state index in [9.17, 15) is 18.3 Å². The molecule has 6 rings (SSSR count). The number of sulfonamides is 1. The second-order valence-electron chi connectivity index (χ2n) is 11.0. The second-order valence-corrected chi connectivity index (χ2v) is 12.9. The summed E-state index contributed by atoms with van der Waals surface area (Å²) in [5.41, 5.74) is 1.23. The lowest BCUT2D eigenvalue weighted by Crippen LogP contribution is -2.59. The van der Waals surface area contributed by atoms with E-state index in [1.165, 1.54) is 12.4 Å². The summed E-state index contributed by atoms with van der Waals surface area (Å²) in [5, 5.41) is 22.1. The lowest BCUT2D eigenvalue weighted by molar-refractivity contribution is -0.127. The number of hydrogen-bond acceptors (Lipinski definition) is 9. The first-order valence-electron chi connectivity index (χ1n) is 13.5. The zero-order valence-corrected chi connectivity index (χ0v) is 23.4. The first kappa shape index (κ1) is 26.9. The Kier molecular flexibility index (Phi) is 6.89. The molecule has 40 heavy (non-hydrogen) atoms. The number of likely N-dealkylation sites (tertiary alicyclic amines) is 1. The van der Waals surface area contributed by atoms with Crippen LogP contribution in [-0.2, 0) is 35.5 Å². The first-order chi connectivity index (χ1) is 19.1. The minimum atomic E-state index is -4.15. The van der Waals surface area contributed by atoms with Crippen LogP contribution in [0.4, 0.5) is 0 Å². The summed E-state index contributed by atoms with van der Waals surface area (Å²) >= 11 is 0. The third kappa shape index (κ3) is 5.00. The van der Waals surface area contributed by atoms with Gasteiger partial charge in [0.15, 0.2) is 5.82 Å². The highest BCUT2D eigenvalue weighted by molar-refractivity contribution is 7.89. The Morgan fingerprint density at radius 1 is 1.18 bits per heavy atom. The number of carbonyl (C=O) groups excluding carboxylic acids is 1. The van der Waals surface area contributed by atoms with Gasteiger partial charge in [-0.25, -0.2) is 18.1 Å². The summed E-state index contributed by atoms with van der Waals surface area (Å²) in [6, 6.07) is 3.80. The number of rotatable bonds is 3. The summed E-state index contributed by atoms with van der Waals surface area (Å²) in [5.74, 6) is 0.390. The molecule has 0 saturated carbocycles. The lowest BCUT2D eigenvalue weighted by Gasteiger charge is -2.43. The van der Waals surface area contributed by atoms with Crippen molar-refractivity contribution in [2.75, 3.05) is 26.2 Å². The number of aromatic nitrogens is 5. The largest absolute Gasteiger partial charge is 0.492 e. The van der Waals surface area contributed by atoms with Gasteiger partial charge >= 0.3 is 0 Å². The van der Waals surface area contributed by atoms with E-state index in [1.54, 1.807) is 28.5 Å². The van der Waals surface area contributed by atoms with Crippen molar-refractivity contribution in [3.8, 4) is 17.1 Å². The molecular weight excluding hydrogens is 536 g/mol. The first-order valence-corrected chi connectivity index (χ1v) is 14.9. The van der Waals surface area contributed by atoms with Crippen LogP contribution in [0.1, 0.15) is 31.2 Å². The Balaban J connectivity index is 1.31. The topological polar surface area (TPSA) is 148 Å². The standard InChI is InChI=1S/C26H34N8O5S/c1-31-14-18(13-28-31)15-33-8-5-26(6-9-33)7-10-39-22-11-19(24-27-17-29-32(24)2)3-4-23(22)40(37,38)34-16-20(35)12-21(34)25(36)30-26/h3-4,11,13-14,17,20-21,35H,5-10,12,15-16H2,1-2H3,(H,30,36)/t20-,21+/m1/s1. The van der Waals surface area contributed by atoms with Crippen molar-refractivity contribution in [3.05, 3.63) is 42.5 Å². The average Bonchev–Trinajstić information content (AvgIpc) is 3.64. The van der Waals surface area contributed by atoms with Crippen molar-refractivity contribution >= 4 is 15.9 Å². The molecule has 0 aliphatic carbocycles. The van der Waals surface area contributed by atoms with E-state index in [-0.39, 0.29) is 36.1 Å². The van der Waals surface area contributed by atoms with Crippen molar-refractivity contribution in [3.63, 3.8) is 0 Å². The highest BCUT2D eigenvalue weighted by atomic mass is 32.2. The van der Waals surface area contributed by atoms with Crippen LogP contribution in [0.25, 0.3) is 11.4 Å². The van der Waals surface area contributed by atoms with Gasteiger partial charge in [-0.05, 0) is 31.0 Å². The fourth-order valence-corrected chi connectivity index (χ4v) is 7.78. The van der Waals surface area contributed by atoms with E-state index in [2.05, 4.69) is 25.4 Å². The van der Waals surface area contributed by atoms with Gasteiger partial charge in [0.2, 0.25) is 15.9 Å². The quantitative estimate of drug-likeness (QED) is 0.453. The number of hydrogen-bond donors (Lipinski definition) is 2.